The van der Waals surface area contributed by atoms with Gasteiger partial charge in [0.15, 0.2) is 11.6 Å². The Hall–Kier alpha value is -1.64. The smallest absolute Gasteiger partial charge is 0.165 e. The lowest BCUT2D eigenvalue weighted by molar-refractivity contribution is 0.320. The summed E-state index contributed by atoms with van der Waals surface area (Å²) < 4.78 is 18.5. The van der Waals surface area contributed by atoms with Gasteiger partial charge in [-0.3, -0.25) is 4.90 Å². The first-order chi connectivity index (χ1) is 9.22. The molecule has 1 aromatic rings. The van der Waals surface area contributed by atoms with Gasteiger partial charge in [0.1, 0.15) is 0 Å². The van der Waals surface area contributed by atoms with Gasteiger partial charge in [-0.2, -0.15) is 5.26 Å². The number of halogens is 1. The van der Waals surface area contributed by atoms with E-state index in [1.807, 2.05) is 6.07 Å². The van der Waals surface area contributed by atoms with E-state index in [1.54, 1.807) is 6.07 Å². The Morgan fingerprint density at radius 3 is 3.11 bits per heavy atom. The third-order valence-electron chi connectivity index (χ3n) is 3.36. The van der Waals surface area contributed by atoms with Gasteiger partial charge in [0.25, 0.3) is 0 Å². The lowest BCUT2D eigenvalue weighted by Gasteiger charge is -2.16. The Balaban J connectivity index is 1.89. The molecule has 1 aliphatic rings. The van der Waals surface area contributed by atoms with Crippen molar-refractivity contribution in [1.29, 1.82) is 5.26 Å². The summed E-state index contributed by atoms with van der Waals surface area (Å²) in [5.74, 6) is -0.0444. The Kier molecular flexibility index (Phi) is 4.72. The standard InChI is InChI=1S/C14H18FN3O/c1-19-14-3-2-11(8-13(14)15)9-18-7-4-12(10-18)17-6-5-16/h2-3,8,12,17H,4,6-7,9-10H2,1H3. The molecule has 0 aliphatic carbocycles. The average molecular weight is 263 g/mol. The third kappa shape index (κ3) is 3.66. The summed E-state index contributed by atoms with van der Waals surface area (Å²) in [5, 5.41) is 11.7. The van der Waals surface area contributed by atoms with Crippen LogP contribution in [0.4, 0.5) is 4.39 Å². The van der Waals surface area contributed by atoms with E-state index in [0.717, 1.165) is 31.6 Å². The Morgan fingerprint density at radius 2 is 2.42 bits per heavy atom. The van der Waals surface area contributed by atoms with Crippen LogP contribution in [0.2, 0.25) is 0 Å². The first-order valence-corrected chi connectivity index (χ1v) is 6.38. The highest BCUT2D eigenvalue weighted by molar-refractivity contribution is 5.29. The molecule has 1 N–H and O–H groups in total. The minimum atomic E-state index is -0.321. The van der Waals surface area contributed by atoms with Gasteiger partial charge >= 0.3 is 0 Å². The zero-order valence-electron chi connectivity index (χ0n) is 11.0. The van der Waals surface area contributed by atoms with E-state index in [0.29, 0.717) is 12.6 Å². The molecule has 5 heteroatoms. The molecule has 0 radical (unpaired) electrons. The van der Waals surface area contributed by atoms with Crippen molar-refractivity contribution in [3.8, 4) is 11.8 Å². The van der Waals surface area contributed by atoms with Gasteiger partial charge in [0, 0.05) is 25.7 Å². The second-order valence-corrected chi connectivity index (χ2v) is 4.73. The minimum absolute atomic E-state index is 0.277. The summed E-state index contributed by atoms with van der Waals surface area (Å²) in [6, 6.07) is 7.52. The third-order valence-corrected chi connectivity index (χ3v) is 3.36. The quantitative estimate of drug-likeness (QED) is 0.818. The number of likely N-dealkylation sites (tertiary alicyclic amines) is 1. The second-order valence-electron chi connectivity index (χ2n) is 4.73. The van der Waals surface area contributed by atoms with Crippen LogP contribution in [0.15, 0.2) is 18.2 Å². The SMILES string of the molecule is COc1ccc(CN2CCC(NCC#N)C2)cc1F. The van der Waals surface area contributed by atoms with Gasteiger partial charge in [-0.1, -0.05) is 6.07 Å². The van der Waals surface area contributed by atoms with Gasteiger partial charge in [-0.05, 0) is 24.1 Å². The molecule has 2 rings (SSSR count). The van der Waals surface area contributed by atoms with Gasteiger partial charge in [0.2, 0.25) is 0 Å². The average Bonchev–Trinajstić information content (AvgIpc) is 2.84. The molecular formula is C14H18FN3O. The number of rotatable bonds is 5. The number of nitrogens with zero attached hydrogens (tertiary/aromatic N) is 2. The monoisotopic (exact) mass is 263 g/mol. The fourth-order valence-corrected chi connectivity index (χ4v) is 2.40. The van der Waals surface area contributed by atoms with Crippen LogP contribution in [0.3, 0.4) is 0 Å². The number of benzene rings is 1. The maximum atomic E-state index is 13.6. The molecule has 0 amide bonds. The minimum Gasteiger partial charge on any atom is -0.494 e. The summed E-state index contributed by atoms with van der Waals surface area (Å²) in [7, 11) is 1.46. The molecule has 1 heterocycles. The maximum Gasteiger partial charge on any atom is 0.165 e. The summed E-state index contributed by atoms with van der Waals surface area (Å²) in [5.41, 5.74) is 0.944. The number of methoxy groups -OCH3 is 1. The van der Waals surface area contributed by atoms with Crippen LogP contribution in [0, 0.1) is 17.1 Å². The van der Waals surface area contributed by atoms with Crippen LogP contribution in [-0.2, 0) is 6.54 Å². The van der Waals surface area contributed by atoms with Crippen LogP contribution < -0.4 is 10.1 Å². The lowest BCUT2D eigenvalue weighted by Crippen LogP contribution is -2.32. The van der Waals surface area contributed by atoms with E-state index in [-0.39, 0.29) is 11.6 Å². The normalized spacial score (nSPS) is 19.3. The zero-order chi connectivity index (χ0) is 13.7. The number of hydrogen-bond donors (Lipinski definition) is 1. The van der Waals surface area contributed by atoms with E-state index < -0.39 is 0 Å². The number of hydrogen-bond acceptors (Lipinski definition) is 4. The maximum absolute atomic E-state index is 13.6. The highest BCUT2D eigenvalue weighted by Crippen LogP contribution is 2.20. The number of nitrogens with one attached hydrogen (secondary N) is 1. The summed E-state index contributed by atoms with van der Waals surface area (Å²) in [4.78, 5) is 2.26. The molecule has 1 saturated heterocycles. The highest BCUT2D eigenvalue weighted by Gasteiger charge is 2.21. The molecule has 102 valence electrons. The fourth-order valence-electron chi connectivity index (χ4n) is 2.40. The summed E-state index contributed by atoms with van der Waals surface area (Å²) in [6.07, 6.45) is 1.03. The van der Waals surface area contributed by atoms with E-state index in [4.69, 9.17) is 10.00 Å². The van der Waals surface area contributed by atoms with Gasteiger partial charge in [-0.15, -0.1) is 0 Å². The predicted molar refractivity (Wildman–Crippen MR) is 70.2 cm³/mol. The van der Waals surface area contributed by atoms with Crippen LogP contribution in [0.25, 0.3) is 0 Å². The van der Waals surface area contributed by atoms with E-state index in [1.165, 1.54) is 13.2 Å². The molecule has 1 fully saturated rings. The van der Waals surface area contributed by atoms with E-state index in [9.17, 15) is 4.39 Å². The molecule has 1 aromatic carbocycles. The summed E-state index contributed by atoms with van der Waals surface area (Å²) >= 11 is 0. The van der Waals surface area contributed by atoms with Crippen molar-refractivity contribution in [2.75, 3.05) is 26.7 Å². The molecule has 0 bridgehead atoms. The van der Waals surface area contributed by atoms with Crippen molar-refractivity contribution >= 4 is 0 Å². The molecule has 1 unspecified atom stereocenters. The predicted octanol–water partition coefficient (Wildman–Crippen LogP) is 1.52. The molecule has 1 atom stereocenters. The van der Waals surface area contributed by atoms with Crippen molar-refractivity contribution in [1.82, 2.24) is 10.2 Å². The van der Waals surface area contributed by atoms with E-state index >= 15 is 0 Å². The van der Waals surface area contributed by atoms with Gasteiger partial charge in [0.05, 0.1) is 19.7 Å². The number of nitriles is 1. The summed E-state index contributed by atoms with van der Waals surface area (Å²) in [6.45, 7) is 2.98. The fraction of sp³-hybridized carbons (Fsp3) is 0.500. The van der Waals surface area contributed by atoms with Crippen LogP contribution >= 0.6 is 0 Å². The molecule has 1 aliphatic heterocycles. The zero-order valence-corrected chi connectivity index (χ0v) is 11.0. The van der Waals surface area contributed by atoms with Crippen LogP contribution in [0.1, 0.15) is 12.0 Å². The molecule has 0 spiro atoms. The van der Waals surface area contributed by atoms with Crippen molar-refractivity contribution in [3.63, 3.8) is 0 Å². The van der Waals surface area contributed by atoms with Crippen molar-refractivity contribution in [2.24, 2.45) is 0 Å². The molecule has 19 heavy (non-hydrogen) atoms. The van der Waals surface area contributed by atoms with Crippen molar-refractivity contribution < 1.29 is 9.13 Å². The lowest BCUT2D eigenvalue weighted by atomic mass is 10.2. The van der Waals surface area contributed by atoms with E-state index in [2.05, 4.69) is 16.3 Å². The molecule has 0 saturated carbocycles. The first-order valence-electron chi connectivity index (χ1n) is 6.38. The molecule has 4 nitrogen and oxygen atoms in total. The van der Waals surface area contributed by atoms with Crippen LogP contribution in [-0.4, -0.2) is 37.7 Å². The van der Waals surface area contributed by atoms with Gasteiger partial charge in [-0.25, -0.2) is 4.39 Å². The molecule has 0 aromatic heterocycles. The van der Waals surface area contributed by atoms with Crippen molar-refractivity contribution in [3.05, 3.63) is 29.6 Å². The topological polar surface area (TPSA) is 48.3 Å². The Labute approximate surface area is 112 Å². The number of ether oxygens (including phenoxy) is 1. The Morgan fingerprint density at radius 1 is 1.58 bits per heavy atom. The molecular weight excluding hydrogens is 245 g/mol. The van der Waals surface area contributed by atoms with Crippen molar-refractivity contribution in [2.45, 2.75) is 19.0 Å². The first kappa shape index (κ1) is 13.8. The van der Waals surface area contributed by atoms with Gasteiger partial charge < -0.3 is 10.1 Å². The second kappa shape index (κ2) is 6.50. The largest absolute Gasteiger partial charge is 0.494 e. The van der Waals surface area contributed by atoms with Crippen LogP contribution in [0.5, 0.6) is 5.75 Å². The Bertz CT molecular complexity index is 472. The highest BCUT2D eigenvalue weighted by atomic mass is 19.1.